The van der Waals surface area contributed by atoms with Crippen LogP contribution in [-0.2, 0) is 38.8 Å². The summed E-state index contributed by atoms with van der Waals surface area (Å²) in [4.78, 5) is 43.9. The van der Waals surface area contributed by atoms with Crippen molar-refractivity contribution in [3.05, 3.63) is 95.6 Å². The summed E-state index contributed by atoms with van der Waals surface area (Å²) in [6.07, 6.45) is 1.62. The van der Waals surface area contributed by atoms with Crippen LogP contribution in [0.5, 0.6) is 0 Å². The third kappa shape index (κ3) is 8.36. The average molecular weight is 517 g/mol. The summed E-state index contributed by atoms with van der Waals surface area (Å²) in [6.45, 7) is -0.0956. The molecule has 2 amide bonds. The largest absolute Gasteiger partial charge is 0.471 e. The van der Waals surface area contributed by atoms with Crippen LogP contribution in [0.1, 0.15) is 28.3 Å². The van der Waals surface area contributed by atoms with Crippen molar-refractivity contribution >= 4 is 11.8 Å². The number of nitrogens with one attached hydrogen (secondary N) is 1. The number of pyridine rings is 2. The van der Waals surface area contributed by atoms with Gasteiger partial charge in [0.05, 0.1) is 7.11 Å². The van der Waals surface area contributed by atoms with Gasteiger partial charge in [-0.2, -0.15) is 13.2 Å². The van der Waals surface area contributed by atoms with E-state index in [0.717, 1.165) is 5.56 Å². The number of halogens is 3. The molecular formula is C26H27F3N4O4. The minimum absolute atomic E-state index is 0.0783. The molecule has 0 bridgehead atoms. The predicted octanol–water partition coefficient (Wildman–Crippen LogP) is 3.59. The van der Waals surface area contributed by atoms with Crippen LogP contribution in [0, 0.1) is 0 Å². The summed E-state index contributed by atoms with van der Waals surface area (Å²) >= 11 is 0. The van der Waals surface area contributed by atoms with Gasteiger partial charge in [0.25, 0.3) is 0 Å². The maximum Gasteiger partial charge on any atom is 0.471 e. The second-order valence-corrected chi connectivity index (χ2v) is 8.08. The summed E-state index contributed by atoms with van der Waals surface area (Å²) in [7, 11) is 1.35. The van der Waals surface area contributed by atoms with Gasteiger partial charge in [0.2, 0.25) is 5.91 Å². The number of alkyl halides is 3. The molecule has 11 heteroatoms. The standard InChI is InChI=1S/C26H27F3N4O4/c1-36-37-18-21-6-8-22(9-7-21)23(24(34)32-14-10-19-4-2-12-30-16-19)33(25(35)26(27,28)29)15-11-20-5-3-13-31-17-20/h2-9,12-13,16-17,23H,10-11,14-15,18H2,1H3,(H,32,34). The van der Waals surface area contributed by atoms with Crippen molar-refractivity contribution in [2.24, 2.45) is 0 Å². The van der Waals surface area contributed by atoms with Gasteiger partial charge in [-0.3, -0.25) is 19.6 Å². The van der Waals surface area contributed by atoms with Crippen LogP contribution in [0.3, 0.4) is 0 Å². The number of hydrogen-bond acceptors (Lipinski definition) is 6. The molecule has 196 valence electrons. The summed E-state index contributed by atoms with van der Waals surface area (Å²) < 4.78 is 41.0. The zero-order chi connectivity index (χ0) is 26.7. The molecule has 37 heavy (non-hydrogen) atoms. The highest BCUT2D eigenvalue weighted by molar-refractivity contribution is 5.90. The number of benzene rings is 1. The van der Waals surface area contributed by atoms with Crippen molar-refractivity contribution in [3.8, 4) is 0 Å². The van der Waals surface area contributed by atoms with E-state index in [1.54, 1.807) is 42.7 Å². The molecule has 0 radical (unpaired) electrons. The maximum atomic E-state index is 13.7. The minimum Gasteiger partial charge on any atom is -0.354 e. The lowest BCUT2D eigenvalue weighted by Crippen LogP contribution is -2.49. The highest BCUT2D eigenvalue weighted by Gasteiger charge is 2.46. The summed E-state index contributed by atoms with van der Waals surface area (Å²) in [5.74, 6) is -2.83. The van der Waals surface area contributed by atoms with Crippen LogP contribution in [0.2, 0.25) is 0 Å². The second-order valence-electron chi connectivity index (χ2n) is 8.08. The third-order valence-corrected chi connectivity index (χ3v) is 5.50. The fraction of sp³-hybridized carbons (Fsp3) is 0.308. The van der Waals surface area contributed by atoms with E-state index in [4.69, 9.17) is 4.89 Å². The third-order valence-electron chi connectivity index (χ3n) is 5.50. The zero-order valence-corrected chi connectivity index (χ0v) is 20.1. The Kier molecular flexibility index (Phi) is 10.1. The fourth-order valence-electron chi connectivity index (χ4n) is 3.67. The van der Waals surface area contributed by atoms with E-state index >= 15 is 0 Å². The lowest BCUT2D eigenvalue weighted by atomic mass is 10.0. The smallest absolute Gasteiger partial charge is 0.354 e. The lowest BCUT2D eigenvalue weighted by molar-refractivity contribution is -0.282. The lowest BCUT2D eigenvalue weighted by Gasteiger charge is -2.32. The number of nitrogens with zero attached hydrogens (tertiary/aromatic N) is 3. The van der Waals surface area contributed by atoms with E-state index in [0.29, 0.717) is 22.4 Å². The van der Waals surface area contributed by atoms with Gasteiger partial charge in [-0.25, -0.2) is 9.78 Å². The average Bonchev–Trinajstić information content (AvgIpc) is 2.90. The van der Waals surface area contributed by atoms with Crippen molar-refractivity contribution in [3.63, 3.8) is 0 Å². The maximum absolute atomic E-state index is 13.7. The van der Waals surface area contributed by atoms with Crippen LogP contribution in [0.4, 0.5) is 13.2 Å². The first-order chi connectivity index (χ1) is 17.8. The molecule has 3 rings (SSSR count). The Morgan fingerprint density at radius 2 is 1.57 bits per heavy atom. The van der Waals surface area contributed by atoms with Gasteiger partial charge in [0.1, 0.15) is 12.6 Å². The van der Waals surface area contributed by atoms with E-state index in [-0.39, 0.29) is 31.7 Å². The monoisotopic (exact) mass is 516 g/mol. The van der Waals surface area contributed by atoms with Gasteiger partial charge in [-0.05, 0) is 47.2 Å². The Hall–Kier alpha value is -3.83. The second kappa shape index (κ2) is 13.5. The quantitative estimate of drug-likeness (QED) is 0.292. The molecule has 1 aromatic carbocycles. The number of hydrogen-bond donors (Lipinski definition) is 1. The SMILES string of the molecule is COOCc1ccc(C(C(=O)NCCc2cccnc2)N(CCc2cccnc2)C(=O)C(F)(F)F)cc1. The van der Waals surface area contributed by atoms with Crippen LogP contribution >= 0.6 is 0 Å². The molecule has 8 nitrogen and oxygen atoms in total. The van der Waals surface area contributed by atoms with Crippen molar-refractivity contribution in [2.75, 3.05) is 20.2 Å². The predicted molar refractivity (Wildman–Crippen MR) is 128 cm³/mol. The first-order valence-corrected chi connectivity index (χ1v) is 11.5. The molecule has 0 saturated heterocycles. The van der Waals surface area contributed by atoms with E-state index < -0.39 is 24.0 Å². The number of aromatic nitrogens is 2. The molecule has 1 atom stereocenters. The molecule has 1 N–H and O–H groups in total. The molecule has 3 aromatic rings. The number of rotatable bonds is 12. The van der Waals surface area contributed by atoms with Gasteiger partial charge >= 0.3 is 12.1 Å². The number of carbonyl (C=O) groups excluding carboxylic acids is 2. The van der Waals surface area contributed by atoms with E-state index in [2.05, 4.69) is 20.2 Å². The van der Waals surface area contributed by atoms with Crippen molar-refractivity contribution < 1.29 is 32.5 Å². The van der Waals surface area contributed by atoms with Gasteiger partial charge in [-0.1, -0.05) is 36.4 Å². The van der Waals surface area contributed by atoms with E-state index in [9.17, 15) is 22.8 Å². The molecule has 0 fully saturated rings. The molecule has 0 spiro atoms. The normalized spacial score (nSPS) is 12.1. The Morgan fingerprint density at radius 3 is 2.11 bits per heavy atom. The van der Waals surface area contributed by atoms with E-state index in [1.165, 1.54) is 31.6 Å². The summed E-state index contributed by atoms with van der Waals surface area (Å²) in [5.41, 5.74) is 2.38. The van der Waals surface area contributed by atoms with Crippen molar-refractivity contribution in [1.82, 2.24) is 20.2 Å². The Bertz CT molecular complexity index is 1130. The summed E-state index contributed by atoms with van der Waals surface area (Å²) in [5, 5.41) is 2.68. The number of carbonyl (C=O) groups is 2. The van der Waals surface area contributed by atoms with Crippen LogP contribution in [0.15, 0.2) is 73.3 Å². The highest BCUT2D eigenvalue weighted by Crippen LogP contribution is 2.28. The van der Waals surface area contributed by atoms with Crippen LogP contribution < -0.4 is 5.32 Å². The first-order valence-electron chi connectivity index (χ1n) is 11.5. The fourth-order valence-corrected chi connectivity index (χ4v) is 3.67. The van der Waals surface area contributed by atoms with Crippen molar-refractivity contribution in [1.29, 1.82) is 0 Å². The summed E-state index contributed by atoms with van der Waals surface area (Å²) in [6, 6.07) is 11.6. The molecule has 0 aliphatic heterocycles. The van der Waals surface area contributed by atoms with Gasteiger partial charge in [0, 0.05) is 37.9 Å². The topological polar surface area (TPSA) is 93.7 Å². The number of amides is 2. The zero-order valence-electron chi connectivity index (χ0n) is 20.1. The Morgan fingerprint density at radius 1 is 0.946 bits per heavy atom. The van der Waals surface area contributed by atoms with Gasteiger partial charge in [-0.15, -0.1) is 0 Å². The van der Waals surface area contributed by atoms with Gasteiger partial charge < -0.3 is 10.2 Å². The molecular weight excluding hydrogens is 489 g/mol. The molecule has 0 aliphatic rings. The van der Waals surface area contributed by atoms with Crippen molar-refractivity contribution in [2.45, 2.75) is 31.7 Å². The van der Waals surface area contributed by atoms with Crippen LogP contribution in [-0.4, -0.2) is 53.1 Å². The van der Waals surface area contributed by atoms with Gasteiger partial charge in [0.15, 0.2) is 0 Å². The molecule has 0 aliphatic carbocycles. The Balaban J connectivity index is 1.89. The molecule has 0 saturated carbocycles. The van der Waals surface area contributed by atoms with Crippen LogP contribution in [0.25, 0.3) is 0 Å². The molecule has 2 aromatic heterocycles. The van der Waals surface area contributed by atoms with E-state index in [1.807, 2.05) is 6.07 Å². The minimum atomic E-state index is -5.17. The Labute approximate surface area is 212 Å². The first kappa shape index (κ1) is 27.8. The molecule has 2 heterocycles. The molecule has 1 unspecified atom stereocenters. The highest BCUT2D eigenvalue weighted by atomic mass is 19.4.